The van der Waals surface area contributed by atoms with Gasteiger partial charge in [-0.1, -0.05) is 19.1 Å². The Hall–Kier alpha value is -1.39. The highest BCUT2D eigenvalue weighted by Gasteiger charge is 2.19. The van der Waals surface area contributed by atoms with E-state index in [9.17, 15) is 4.79 Å². The zero-order valence-electron chi connectivity index (χ0n) is 11.0. The lowest BCUT2D eigenvalue weighted by molar-refractivity contribution is -0.115. The second-order valence-electron chi connectivity index (χ2n) is 4.65. The molecule has 1 aliphatic rings. The normalized spacial score (nSPS) is 20.7. The van der Waals surface area contributed by atoms with E-state index in [0.29, 0.717) is 6.42 Å². The number of hydrogen-bond acceptors (Lipinski definition) is 3. The molecule has 0 bridgehead atoms. The average Bonchev–Trinajstić information content (AvgIpc) is 2.39. The van der Waals surface area contributed by atoms with E-state index >= 15 is 0 Å². The van der Waals surface area contributed by atoms with E-state index in [1.807, 2.05) is 31.2 Å². The molecule has 2 rings (SSSR count). The number of amides is 1. The molecule has 0 aliphatic carbocycles. The molecule has 1 N–H and O–H groups in total. The third kappa shape index (κ3) is 3.31. The maximum atomic E-state index is 11.3. The summed E-state index contributed by atoms with van der Waals surface area (Å²) >= 11 is 0. The molecule has 18 heavy (non-hydrogen) atoms. The number of likely N-dealkylation sites (N-methyl/N-ethyl adjacent to an activating group) is 1. The van der Waals surface area contributed by atoms with Crippen molar-refractivity contribution < 1.29 is 9.53 Å². The Balaban J connectivity index is 2.00. The third-order valence-electron chi connectivity index (χ3n) is 3.16. The Kier molecular flexibility index (Phi) is 4.33. The molecule has 1 aromatic carbocycles. The SMILES string of the molecule is CCC(=O)Nc1ccc(C2CN(C)CCO2)cc1. The van der Waals surface area contributed by atoms with Crippen molar-refractivity contribution in [2.45, 2.75) is 19.4 Å². The van der Waals surface area contributed by atoms with Crippen LogP contribution in [0.5, 0.6) is 0 Å². The topological polar surface area (TPSA) is 41.6 Å². The molecular weight excluding hydrogens is 228 g/mol. The fourth-order valence-corrected chi connectivity index (χ4v) is 2.01. The van der Waals surface area contributed by atoms with Crippen molar-refractivity contribution in [2.75, 3.05) is 32.1 Å². The van der Waals surface area contributed by atoms with E-state index in [0.717, 1.165) is 30.9 Å². The monoisotopic (exact) mass is 248 g/mol. The summed E-state index contributed by atoms with van der Waals surface area (Å²) in [4.78, 5) is 13.5. The van der Waals surface area contributed by atoms with Gasteiger partial charge in [-0.3, -0.25) is 4.79 Å². The van der Waals surface area contributed by atoms with Crippen LogP contribution >= 0.6 is 0 Å². The van der Waals surface area contributed by atoms with E-state index in [1.54, 1.807) is 0 Å². The number of carbonyl (C=O) groups excluding carboxylic acids is 1. The Morgan fingerprint density at radius 3 is 2.78 bits per heavy atom. The molecule has 1 fully saturated rings. The lowest BCUT2D eigenvalue weighted by Crippen LogP contribution is -2.35. The maximum Gasteiger partial charge on any atom is 0.224 e. The van der Waals surface area contributed by atoms with Crippen LogP contribution in [-0.2, 0) is 9.53 Å². The van der Waals surface area contributed by atoms with E-state index in [-0.39, 0.29) is 12.0 Å². The van der Waals surface area contributed by atoms with E-state index in [4.69, 9.17) is 4.74 Å². The van der Waals surface area contributed by atoms with E-state index in [2.05, 4.69) is 17.3 Å². The molecule has 0 saturated carbocycles. The van der Waals surface area contributed by atoms with Crippen LogP contribution in [0.3, 0.4) is 0 Å². The summed E-state index contributed by atoms with van der Waals surface area (Å²) in [5, 5.41) is 2.84. The molecule has 0 aromatic heterocycles. The molecule has 1 unspecified atom stereocenters. The number of nitrogens with zero attached hydrogens (tertiary/aromatic N) is 1. The van der Waals surface area contributed by atoms with Crippen molar-refractivity contribution in [3.8, 4) is 0 Å². The molecule has 4 nitrogen and oxygen atoms in total. The first kappa shape index (κ1) is 13.1. The summed E-state index contributed by atoms with van der Waals surface area (Å²) in [5.74, 6) is 0.0383. The van der Waals surface area contributed by atoms with Crippen LogP contribution in [0.25, 0.3) is 0 Å². The second-order valence-corrected chi connectivity index (χ2v) is 4.65. The van der Waals surface area contributed by atoms with Crippen molar-refractivity contribution in [2.24, 2.45) is 0 Å². The van der Waals surface area contributed by atoms with Crippen molar-refractivity contribution in [1.29, 1.82) is 0 Å². The predicted octanol–water partition coefficient (Wildman–Crippen LogP) is 2.04. The van der Waals surface area contributed by atoms with Gasteiger partial charge in [0.05, 0.1) is 12.7 Å². The first-order valence-corrected chi connectivity index (χ1v) is 6.39. The molecule has 0 spiro atoms. The van der Waals surface area contributed by atoms with Gasteiger partial charge in [0.2, 0.25) is 5.91 Å². The predicted molar refractivity (Wildman–Crippen MR) is 71.6 cm³/mol. The Morgan fingerprint density at radius 2 is 2.17 bits per heavy atom. The van der Waals surface area contributed by atoms with Crippen LogP contribution in [-0.4, -0.2) is 37.6 Å². The van der Waals surface area contributed by atoms with Gasteiger partial charge in [-0.2, -0.15) is 0 Å². The molecule has 4 heteroatoms. The van der Waals surface area contributed by atoms with Crippen LogP contribution < -0.4 is 5.32 Å². The minimum Gasteiger partial charge on any atom is -0.371 e. The molecule has 98 valence electrons. The lowest BCUT2D eigenvalue weighted by Gasteiger charge is -2.30. The minimum absolute atomic E-state index is 0.0383. The quantitative estimate of drug-likeness (QED) is 0.890. The highest BCUT2D eigenvalue weighted by molar-refractivity contribution is 5.90. The molecule has 1 heterocycles. The van der Waals surface area contributed by atoms with Crippen molar-refractivity contribution in [3.63, 3.8) is 0 Å². The van der Waals surface area contributed by atoms with Gasteiger partial charge in [-0.05, 0) is 24.7 Å². The Bertz CT molecular complexity index is 403. The van der Waals surface area contributed by atoms with Gasteiger partial charge in [0.25, 0.3) is 0 Å². The second kappa shape index (κ2) is 5.98. The van der Waals surface area contributed by atoms with E-state index in [1.165, 1.54) is 0 Å². The summed E-state index contributed by atoms with van der Waals surface area (Å²) < 4.78 is 5.75. The molecule has 0 radical (unpaired) electrons. The molecule has 1 aliphatic heterocycles. The van der Waals surface area contributed by atoms with E-state index < -0.39 is 0 Å². The number of rotatable bonds is 3. The Morgan fingerprint density at radius 1 is 1.44 bits per heavy atom. The zero-order chi connectivity index (χ0) is 13.0. The fourth-order valence-electron chi connectivity index (χ4n) is 2.01. The largest absolute Gasteiger partial charge is 0.371 e. The standard InChI is InChI=1S/C14H20N2O2/c1-3-14(17)15-12-6-4-11(5-7-12)13-10-16(2)8-9-18-13/h4-7,13H,3,8-10H2,1-2H3,(H,15,17). The Labute approximate surface area is 108 Å². The zero-order valence-corrected chi connectivity index (χ0v) is 11.0. The van der Waals surface area contributed by atoms with Crippen LogP contribution in [0.15, 0.2) is 24.3 Å². The van der Waals surface area contributed by atoms with Crippen molar-refractivity contribution in [3.05, 3.63) is 29.8 Å². The summed E-state index contributed by atoms with van der Waals surface area (Å²) in [6, 6.07) is 7.91. The van der Waals surface area contributed by atoms with Crippen molar-refractivity contribution in [1.82, 2.24) is 4.90 Å². The van der Waals surface area contributed by atoms with Crippen LogP contribution in [0.1, 0.15) is 25.0 Å². The number of ether oxygens (including phenoxy) is 1. The number of carbonyl (C=O) groups is 1. The highest BCUT2D eigenvalue weighted by Crippen LogP contribution is 2.22. The molecule has 1 aromatic rings. The van der Waals surface area contributed by atoms with Gasteiger partial charge >= 0.3 is 0 Å². The maximum absolute atomic E-state index is 11.3. The average molecular weight is 248 g/mol. The van der Waals surface area contributed by atoms with Crippen LogP contribution in [0, 0.1) is 0 Å². The molecule has 1 amide bonds. The summed E-state index contributed by atoms with van der Waals surface area (Å²) in [7, 11) is 2.10. The van der Waals surface area contributed by atoms with Gasteiger partial charge in [0, 0.05) is 25.2 Å². The molecule has 1 saturated heterocycles. The number of anilines is 1. The number of morpholine rings is 1. The van der Waals surface area contributed by atoms with Gasteiger partial charge in [-0.15, -0.1) is 0 Å². The van der Waals surface area contributed by atoms with Crippen molar-refractivity contribution >= 4 is 11.6 Å². The number of benzene rings is 1. The van der Waals surface area contributed by atoms with Crippen LogP contribution in [0.2, 0.25) is 0 Å². The summed E-state index contributed by atoms with van der Waals surface area (Å²) in [6.45, 7) is 4.52. The number of hydrogen-bond donors (Lipinski definition) is 1. The molecule has 1 atom stereocenters. The lowest BCUT2D eigenvalue weighted by atomic mass is 10.1. The van der Waals surface area contributed by atoms with Gasteiger partial charge in [0.15, 0.2) is 0 Å². The fraction of sp³-hybridized carbons (Fsp3) is 0.500. The van der Waals surface area contributed by atoms with Gasteiger partial charge in [-0.25, -0.2) is 0 Å². The highest BCUT2D eigenvalue weighted by atomic mass is 16.5. The smallest absolute Gasteiger partial charge is 0.224 e. The summed E-state index contributed by atoms with van der Waals surface area (Å²) in [5.41, 5.74) is 2.01. The van der Waals surface area contributed by atoms with Gasteiger partial charge in [0.1, 0.15) is 0 Å². The van der Waals surface area contributed by atoms with Gasteiger partial charge < -0.3 is 15.0 Å². The first-order valence-electron chi connectivity index (χ1n) is 6.39. The molecular formula is C14H20N2O2. The number of nitrogens with one attached hydrogen (secondary N) is 1. The minimum atomic E-state index is 0.0383. The first-order chi connectivity index (χ1) is 8.69. The van der Waals surface area contributed by atoms with Crippen LogP contribution in [0.4, 0.5) is 5.69 Å². The summed E-state index contributed by atoms with van der Waals surface area (Å²) in [6.07, 6.45) is 0.637. The third-order valence-corrected chi connectivity index (χ3v) is 3.16.